The maximum atomic E-state index is 12.7. The number of nitrogens with zero attached hydrogens (tertiary/aromatic N) is 3. The number of hydrogen-bond donors (Lipinski definition) is 1. The molecular formula is C21H22N4O2. The molecule has 138 valence electrons. The van der Waals surface area contributed by atoms with Gasteiger partial charge < -0.3 is 10.2 Å². The van der Waals surface area contributed by atoms with Crippen LogP contribution in [0.5, 0.6) is 0 Å². The van der Waals surface area contributed by atoms with Crippen LogP contribution in [0.3, 0.4) is 0 Å². The van der Waals surface area contributed by atoms with Crippen molar-refractivity contribution in [2.45, 2.75) is 26.3 Å². The lowest BCUT2D eigenvalue weighted by Gasteiger charge is -2.17. The van der Waals surface area contributed by atoms with Crippen molar-refractivity contribution in [3.63, 3.8) is 0 Å². The van der Waals surface area contributed by atoms with Gasteiger partial charge in [0, 0.05) is 24.7 Å². The maximum Gasteiger partial charge on any atom is 0.254 e. The third-order valence-corrected chi connectivity index (χ3v) is 4.11. The number of hydrogen-bond acceptors (Lipinski definition) is 4. The van der Waals surface area contributed by atoms with E-state index in [9.17, 15) is 9.59 Å². The van der Waals surface area contributed by atoms with Crippen molar-refractivity contribution in [1.82, 2.24) is 14.9 Å². The zero-order valence-corrected chi connectivity index (χ0v) is 15.5. The van der Waals surface area contributed by atoms with Gasteiger partial charge in [-0.1, -0.05) is 25.1 Å². The van der Waals surface area contributed by atoms with Crippen LogP contribution >= 0.6 is 0 Å². The van der Waals surface area contributed by atoms with Crippen molar-refractivity contribution in [2.75, 3.05) is 12.4 Å². The molecule has 3 rings (SSSR count). The van der Waals surface area contributed by atoms with Crippen LogP contribution in [-0.2, 0) is 11.3 Å². The Kier molecular flexibility index (Phi) is 5.76. The molecule has 0 radical (unpaired) electrons. The molecule has 0 saturated heterocycles. The van der Waals surface area contributed by atoms with E-state index in [1.165, 1.54) is 0 Å². The number of aromatic nitrogens is 2. The predicted octanol–water partition coefficient (Wildman–Crippen LogP) is 3.64. The van der Waals surface area contributed by atoms with E-state index < -0.39 is 0 Å². The molecule has 0 spiro atoms. The summed E-state index contributed by atoms with van der Waals surface area (Å²) in [6.45, 7) is 2.30. The van der Waals surface area contributed by atoms with E-state index in [1.54, 1.807) is 42.4 Å². The van der Waals surface area contributed by atoms with Gasteiger partial charge in [-0.25, -0.2) is 4.98 Å². The molecule has 0 aliphatic rings. The van der Waals surface area contributed by atoms with Crippen LogP contribution < -0.4 is 5.32 Å². The zero-order valence-electron chi connectivity index (χ0n) is 15.5. The molecule has 0 saturated carbocycles. The van der Waals surface area contributed by atoms with E-state index in [4.69, 9.17) is 0 Å². The summed E-state index contributed by atoms with van der Waals surface area (Å²) in [6.07, 6.45) is 2.92. The van der Waals surface area contributed by atoms with Crippen LogP contribution in [0.1, 0.15) is 35.8 Å². The molecule has 0 aliphatic carbocycles. The normalized spacial score (nSPS) is 10.6. The Morgan fingerprint density at radius 1 is 1.07 bits per heavy atom. The largest absolute Gasteiger partial charge is 0.336 e. The molecule has 0 fully saturated rings. The number of amides is 2. The number of carbonyl (C=O) groups excluding carboxylic acids is 2. The highest BCUT2D eigenvalue weighted by molar-refractivity contribution is 5.97. The highest BCUT2D eigenvalue weighted by Gasteiger charge is 2.14. The van der Waals surface area contributed by atoms with E-state index in [-0.39, 0.29) is 11.8 Å². The number of rotatable bonds is 6. The fraction of sp³-hybridized carbons (Fsp3) is 0.238. The average molecular weight is 362 g/mol. The molecule has 2 aromatic carbocycles. The lowest BCUT2D eigenvalue weighted by atomic mass is 10.1. The molecule has 2 amide bonds. The number of nitrogens with one attached hydrogen (secondary N) is 1. The fourth-order valence-electron chi connectivity index (χ4n) is 2.79. The molecule has 0 unspecified atom stereocenters. The molecule has 27 heavy (non-hydrogen) atoms. The first-order valence-corrected chi connectivity index (χ1v) is 8.93. The van der Waals surface area contributed by atoms with Crippen molar-refractivity contribution >= 4 is 28.5 Å². The quantitative estimate of drug-likeness (QED) is 0.726. The first kappa shape index (κ1) is 18.5. The molecule has 0 bridgehead atoms. The fourth-order valence-corrected chi connectivity index (χ4v) is 2.79. The van der Waals surface area contributed by atoms with Gasteiger partial charge in [0.15, 0.2) is 0 Å². The minimum Gasteiger partial charge on any atom is -0.336 e. The molecule has 6 heteroatoms. The van der Waals surface area contributed by atoms with Crippen LogP contribution in [-0.4, -0.2) is 33.7 Å². The number of fused-ring (bicyclic) bond motifs is 1. The smallest absolute Gasteiger partial charge is 0.254 e. The predicted molar refractivity (Wildman–Crippen MR) is 105 cm³/mol. The SMILES string of the molecule is CCCC(=O)Nc1cccc(C(=O)N(C)Cc2cnc3ccccc3n2)c1. The van der Waals surface area contributed by atoms with Crippen LogP contribution in [0.4, 0.5) is 5.69 Å². The van der Waals surface area contributed by atoms with Crippen molar-refractivity contribution in [3.05, 3.63) is 66.0 Å². The van der Waals surface area contributed by atoms with E-state index >= 15 is 0 Å². The highest BCUT2D eigenvalue weighted by atomic mass is 16.2. The molecular weight excluding hydrogens is 340 g/mol. The molecule has 0 atom stereocenters. The van der Waals surface area contributed by atoms with Crippen LogP contribution in [0.15, 0.2) is 54.7 Å². The number of benzene rings is 2. The Balaban J connectivity index is 1.71. The van der Waals surface area contributed by atoms with Crippen molar-refractivity contribution < 1.29 is 9.59 Å². The summed E-state index contributed by atoms with van der Waals surface area (Å²) in [7, 11) is 1.72. The second-order valence-electron chi connectivity index (χ2n) is 6.39. The zero-order chi connectivity index (χ0) is 19.2. The van der Waals surface area contributed by atoms with Crippen molar-refractivity contribution in [2.24, 2.45) is 0 Å². The Labute approximate surface area is 158 Å². The monoisotopic (exact) mass is 362 g/mol. The highest BCUT2D eigenvalue weighted by Crippen LogP contribution is 2.15. The van der Waals surface area contributed by atoms with Crippen LogP contribution in [0.25, 0.3) is 11.0 Å². The van der Waals surface area contributed by atoms with Crippen LogP contribution in [0.2, 0.25) is 0 Å². The topological polar surface area (TPSA) is 75.2 Å². The van der Waals surface area contributed by atoms with E-state index in [0.717, 1.165) is 23.1 Å². The van der Waals surface area contributed by atoms with Gasteiger partial charge in [-0.3, -0.25) is 14.6 Å². The van der Waals surface area contributed by atoms with E-state index in [2.05, 4.69) is 15.3 Å². The van der Waals surface area contributed by atoms with Gasteiger partial charge in [-0.15, -0.1) is 0 Å². The number of anilines is 1. The summed E-state index contributed by atoms with van der Waals surface area (Å²) >= 11 is 0. The van der Waals surface area contributed by atoms with Crippen molar-refractivity contribution in [1.29, 1.82) is 0 Å². The van der Waals surface area contributed by atoms with Gasteiger partial charge in [0.2, 0.25) is 5.91 Å². The Morgan fingerprint density at radius 2 is 1.85 bits per heavy atom. The third kappa shape index (κ3) is 4.67. The van der Waals surface area contributed by atoms with Gasteiger partial charge in [-0.2, -0.15) is 0 Å². The molecule has 1 N–H and O–H groups in total. The van der Waals surface area contributed by atoms with E-state index in [1.807, 2.05) is 31.2 Å². The van der Waals surface area contributed by atoms with Gasteiger partial charge in [0.05, 0.1) is 29.5 Å². The third-order valence-electron chi connectivity index (χ3n) is 4.11. The number of para-hydroxylation sites is 2. The lowest BCUT2D eigenvalue weighted by Crippen LogP contribution is -2.26. The van der Waals surface area contributed by atoms with Gasteiger partial charge >= 0.3 is 0 Å². The Hall–Kier alpha value is -3.28. The molecule has 0 aliphatic heterocycles. The summed E-state index contributed by atoms with van der Waals surface area (Å²) in [5.74, 6) is -0.196. The average Bonchev–Trinajstić information content (AvgIpc) is 2.67. The standard InChI is InChI=1S/C21H22N4O2/c1-3-7-20(26)24-16-9-6-8-15(12-16)21(27)25(2)14-17-13-22-18-10-4-5-11-19(18)23-17/h4-6,8-13H,3,7,14H2,1-2H3,(H,24,26). The first-order valence-electron chi connectivity index (χ1n) is 8.93. The van der Waals surface area contributed by atoms with Gasteiger partial charge in [-0.05, 0) is 36.8 Å². The minimum absolute atomic E-state index is 0.0538. The summed E-state index contributed by atoms with van der Waals surface area (Å²) in [5.41, 5.74) is 3.48. The Bertz CT molecular complexity index is 971. The minimum atomic E-state index is -0.142. The Morgan fingerprint density at radius 3 is 2.63 bits per heavy atom. The van der Waals surface area contributed by atoms with Crippen molar-refractivity contribution in [3.8, 4) is 0 Å². The molecule has 3 aromatic rings. The number of carbonyl (C=O) groups is 2. The molecule has 1 heterocycles. The summed E-state index contributed by atoms with van der Waals surface area (Å²) < 4.78 is 0. The second-order valence-corrected chi connectivity index (χ2v) is 6.39. The molecule has 1 aromatic heterocycles. The summed E-state index contributed by atoms with van der Waals surface area (Å²) in [4.78, 5) is 35.0. The van der Waals surface area contributed by atoms with E-state index in [0.29, 0.717) is 24.2 Å². The first-order chi connectivity index (χ1) is 13.1. The molecule has 6 nitrogen and oxygen atoms in total. The summed E-state index contributed by atoms with van der Waals surface area (Å²) in [5, 5.41) is 2.81. The van der Waals surface area contributed by atoms with Gasteiger partial charge in [0.25, 0.3) is 5.91 Å². The second kappa shape index (κ2) is 8.40. The maximum absolute atomic E-state index is 12.7. The van der Waals surface area contributed by atoms with Crippen LogP contribution in [0, 0.1) is 0 Å². The summed E-state index contributed by atoms with van der Waals surface area (Å²) in [6, 6.07) is 14.6. The lowest BCUT2D eigenvalue weighted by molar-refractivity contribution is -0.116. The van der Waals surface area contributed by atoms with Gasteiger partial charge in [0.1, 0.15) is 0 Å².